The minimum atomic E-state index is -0.415. The fourth-order valence-corrected chi connectivity index (χ4v) is 2.75. The zero-order valence-corrected chi connectivity index (χ0v) is 11.1. The second-order valence-corrected chi connectivity index (χ2v) is 4.75. The van der Waals surface area contributed by atoms with Crippen LogP contribution in [-0.4, -0.2) is 19.2 Å². The van der Waals surface area contributed by atoms with Crippen molar-refractivity contribution in [2.24, 2.45) is 0 Å². The first-order valence-electron chi connectivity index (χ1n) is 6.69. The van der Waals surface area contributed by atoms with Gasteiger partial charge in [-0.1, -0.05) is 48.5 Å². The Morgan fingerprint density at radius 3 is 2.15 bits per heavy atom. The van der Waals surface area contributed by atoms with Crippen molar-refractivity contribution >= 4 is 6.09 Å². The number of rotatable bonds is 3. The van der Waals surface area contributed by atoms with E-state index < -0.39 is 6.09 Å². The second kappa shape index (κ2) is 5.37. The van der Waals surface area contributed by atoms with Crippen LogP contribution in [0.25, 0.3) is 11.1 Å². The quantitative estimate of drug-likeness (QED) is 0.925. The largest absolute Gasteiger partial charge is 0.449 e. The minimum Gasteiger partial charge on any atom is -0.449 e. The normalized spacial score (nSPS) is 12.7. The molecule has 1 aliphatic carbocycles. The first kappa shape index (κ1) is 12.7. The Labute approximate surface area is 118 Å². The smallest absolute Gasteiger partial charge is 0.407 e. The topological polar surface area (TPSA) is 38.3 Å². The third kappa shape index (κ3) is 2.16. The van der Waals surface area contributed by atoms with Crippen LogP contribution in [0.2, 0.25) is 0 Å². The van der Waals surface area contributed by atoms with Crippen LogP contribution in [0.1, 0.15) is 17.0 Å². The molecule has 101 valence electrons. The molecule has 0 atom stereocenters. The molecule has 0 saturated carbocycles. The first-order chi connectivity index (χ1) is 9.81. The van der Waals surface area contributed by atoms with Crippen molar-refractivity contribution in [3.63, 3.8) is 0 Å². The number of benzene rings is 2. The van der Waals surface area contributed by atoms with E-state index in [2.05, 4.69) is 36.5 Å². The number of hydrogen-bond donors (Lipinski definition) is 1. The maximum atomic E-state index is 11.5. The summed E-state index contributed by atoms with van der Waals surface area (Å²) >= 11 is 0. The number of alkyl carbamates (subject to hydrolysis) is 1. The third-order valence-electron chi connectivity index (χ3n) is 3.61. The summed E-state index contributed by atoms with van der Waals surface area (Å²) in [6.45, 7) is 4.24. The lowest BCUT2D eigenvalue weighted by Gasteiger charge is -2.14. The van der Waals surface area contributed by atoms with E-state index in [9.17, 15) is 4.79 Å². The van der Waals surface area contributed by atoms with E-state index in [-0.39, 0.29) is 5.92 Å². The number of nitrogens with one attached hydrogen (secondary N) is 1. The third-order valence-corrected chi connectivity index (χ3v) is 3.61. The van der Waals surface area contributed by atoms with Gasteiger partial charge in [-0.15, -0.1) is 0 Å². The SMILES string of the molecule is [CH2]CNC(=O)OCC1c2ccccc2-c2ccccc21. The lowest BCUT2D eigenvalue weighted by molar-refractivity contribution is 0.144. The van der Waals surface area contributed by atoms with E-state index in [4.69, 9.17) is 4.74 Å². The summed E-state index contributed by atoms with van der Waals surface area (Å²) in [4.78, 5) is 11.5. The minimum absolute atomic E-state index is 0.109. The second-order valence-electron chi connectivity index (χ2n) is 4.75. The van der Waals surface area contributed by atoms with Gasteiger partial charge < -0.3 is 10.1 Å². The molecule has 20 heavy (non-hydrogen) atoms. The van der Waals surface area contributed by atoms with Crippen molar-refractivity contribution in [1.82, 2.24) is 5.32 Å². The van der Waals surface area contributed by atoms with Crippen LogP contribution < -0.4 is 5.32 Å². The average Bonchev–Trinajstić information content (AvgIpc) is 2.80. The van der Waals surface area contributed by atoms with Crippen LogP contribution >= 0.6 is 0 Å². The van der Waals surface area contributed by atoms with Gasteiger partial charge in [-0.3, -0.25) is 0 Å². The Balaban J connectivity index is 1.89. The standard InChI is InChI=1S/C17H16NO2/c1-2-18-17(19)20-11-16-14-9-5-3-7-12(14)13-8-4-6-10-15(13)16/h3-10,16H,1-2,11H2,(H,18,19). The van der Waals surface area contributed by atoms with Crippen LogP contribution in [0.15, 0.2) is 48.5 Å². The van der Waals surface area contributed by atoms with Gasteiger partial charge in [0.25, 0.3) is 0 Å². The Bertz CT molecular complexity index is 591. The fraction of sp³-hybridized carbons (Fsp3) is 0.176. The lowest BCUT2D eigenvalue weighted by Crippen LogP contribution is -2.25. The van der Waals surface area contributed by atoms with E-state index in [1.54, 1.807) is 0 Å². The number of carbonyl (C=O) groups is 1. The molecule has 0 heterocycles. The van der Waals surface area contributed by atoms with Crippen molar-refractivity contribution in [1.29, 1.82) is 0 Å². The summed E-state index contributed by atoms with van der Waals surface area (Å²) in [7, 11) is 0. The predicted octanol–water partition coefficient (Wildman–Crippen LogP) is 3.36. The van der Waals surface area contributed by atoms with Crippen molar-refractivity contribution in [3.05, 3.63) is 66.6 Å². The molecule has 0 aromatic heterocycles. The van der Waals surface area contributed by atoms with Crippen molar-refractivity contribution < 1.29 is 9.53 Å². The highest BCUT2D eigenvalue weighted by Crippen LogP contribution is 2.44. The lowest BCUT2D eigenvalue weighted by atomic mass is 9.98. The van der Waals surface area contributed by atoms with E-state index in [0.29, 0.717) is 13.2 Å². The first-order valence-corrected chi connectivity index (χ1v) is 6.69. The summed E-state index contributed by atoms with van der Waals surface area (Å²) in [6, 6.07) is 16.5. The van der Waals surface area contributed by atoms with Crippen LogP contribution in [0.5, 0.6) is 0 Å². The van der Waals surface area contributed by atoms with Crippen molar-refractivity contribution in [2.45, 2.75) is 5.92 Å². The van der Waals surface area contributed by atoms with Gasteiger partial charge in [0.15, 0.2) is 0 Å². The summed E-state index contributed by atoms with van der Waals surface area (Å²) < 4.78 is 5.29. The summed E-state index contributed by atoms with van der Waals surface area (Å²) in [5.41, 5.74) is 4.90. The van der Waals surface area contributed by atoms with Crippen molar-refractivity contribution in [3.8, 4) is 11.1 Å². The van der Waals surface area contributed by atoms with Gasteiger partial charge >= 0.3 is 6.09 Å². The van der Waals surface area contributed by atoms with Gasteiger partial charge in [0.2, 0.25) is 0 Å². The van der Waals surface area contributed by atoms with Gasteiger partial charge in [-0.25, -0.2) is 4.79 Å². The molecule has 2 aromatic rings. The molecule has 1 amide bonds. The number of carbonyl (C=O) groups excluding carboxylic acids is 1. The number of ether oxygens (including phenoxy) is 1. The fourth-order valence-electron chi connectivity index (χ4n) is 2.75. The maximum Gasteiger partial charge on any atom is 0.407 e. The Morgan fingerprint density at radius 2 is 1.60 bits per heavy atom. The monoisotopic (exact) mass is 266 g/mol. The molecule has 0 spiro atoms. The molecular formula is C17H16NO2. The molecule has 3 nitrogen and oxygen atoms in total. The van der Waals surface area contributed by atoms with Crippen LogP contribution in [0, 0.1) is 6.92 Å². The molecule has 1 N–H and O–H groups in total. The van der Waals surface area contributed by atoms with Gasteiger partial charge in [0.1, 0.15) is 6.61 Å². The Hall–Kier alpha value is -2.29. The highest BCUT2D eigenvalue weighted by atomic mass is 16.5. The highest BCUT2D eigenvalue weighted by molar-refractivity contribution is 5.79. The predicted molar refractivity (Wildman–Crippen MR) is 78.4 cm³/mol. The molecule has 0 saturated heterocycles. The molecule has 3 heteroatoms. The van der Waals surface area contributed by atoms with E-state index >= 15 is 0 Å². The van der Waals surface area contributed by atoms with Crippen molar-refractivity contribution in [2.75, 3.05) is 13.2 Å². The Kier molecular flexibility index (Phi) is 3.42. The van der Waals surface area contributed by atoms with Gasteiger partial charge in [0, 0.05) is 12.5 Å². The number of fused-ring (bicyclic) bond motifs is 3. The van der Waals surface area contributed by atoms with Gasteiger partial charge in [-0.05, 0) is 29.2 Å². The molecule has 1 aliphatic rings. The molecule has 0 unspecified atom stereocenters. The van der Waals surface area contributed by atoms with E-state index in [1.807, 2.05) is 24.3 Å². The number of amides is 1. The molecule has 1 radical (unpaired) electrons. The zero-order chi connectivity index (χ0) is 13.9. The van der Waals surface area contributed by atoms with Gasteiger partial charge in [-0.2, -0.15) is 0 Å². The molecular weight excluding hydrogens is 250 g/mol. The van der Waals surface area contributed by atoms with Gasteiger partial charge in [0.05, 0.1) is 0 Å². The molecule has 3 rings (SSSR count). The molecule has 0 aliphatic heterocycles. The summed E-state index contributed by atoms with van der Waals surface area (Å²) in [5.74, 6) is 0.109. The van der Waals surface area contributed by atoms with E-state index in [1.165, 1.54) is 22.3 Å². The zero-order valence-electron chi connectivity index (χ0n) is 11.1. The molecule has 2 aromatic carbocycles. The van der Waals surface area contributed by atoms with Crippen LogP contribution in [0.4, 0.5) is 4.79 Å². The highest BCUT2D eigenvalue weighted by Gasteiger charge is 2.28. The van der Waals surface area contributed by atoms with E-state index in [0.717, 1.165) is 0 Å². The van der Waals surface area contributed by atoms with Crippen LogP contribution in [0.3, 0.4) is 0 Å². The summed E-state index contributed by atoms with van der Waals surface area (Å²) in [6.07, 6.45) is -0.415. The Morgan fingerprint density at radius 1 is 1.05 bits per heavy atom. The maximum absolute atomic E-state index is 11.5. The average molecular weight is 266 g/mol. The number of hydrogen-bond acceptors (Lipinski definition) is 2. The van der Waals surface area contributed by atoms with Crippen LogP contribution in [-0.2, 0) is 4.74 Å². The summed E-state index contributed by atoms with van der Waals surface area (Å²) in [5, 5.41) is 2.55. The molecule has 0 fully saturated rings. The molecule has 0 bridgehead atoms.